The molecule has 0 saturated carbocycles. The van der Waals surface area contributed by atoms with Crippen molar-refractivity contribution in [1.82, 2.24) is 10.2 Å². The van der Waals surface area contributed by atoms with Gasteiger partial charge < -0.3 is 39.4 Å². The van der Waals surface area contributed by atoms with Crippen LogP contribution in [0.5, 0.6) is 0 Å². The number of amides is 2. The second-order valence-electron chi connectivity index (χ2n) is 12.7. The molecule has 2 aliphatic carbocycles. The molecule has 11 heteroatoms. The maximum atomic E-state index is 14.2. The molecule has 0 bridgehead atoms. The maximum absolute atomic E-state index is 14.2. The Morgan fingerprint density at radius 3 is 2.34 bits per heavy atom. The van der Waals surface area contributed by atoms with Crippen molar-refractivity contribution in [1.29, 1.82) is 0 Å². The Kier molecular flexibility index (Phi) is 11.1. The molecule has 0 aromatic heterocycles. The van der Waals surface area contributed by atoms with E-state index in [0.29, 0.717) is 24.0 Å². The number of carbonyl (C=O) groups is 3. The van der Waals surface area contributed by atoms with E-state index < -0.39 is 47.9 Å². The Labute approximate surface area is 291 Å². The lowest BCUT2D eigenvalue weighted by Crippen LogP contribution is -2.51. The first-order valence-electron chi connectivity index (χ1n) is 16.8. The van der Waals surface area contributed by atoms with Crippen molar-refractivity contribution in [3.8, 4) is 0 Å². The summed E-state index contributed by atoms with van der Waals surface area (Å²) in [6.07, 6.45) is 4.12. The molecule has 262 valence electrons. The van der Waals surface area contributed by atoms with E-state index in [9.17, 15) is 19.5 Å². The molecule has 2 amide bonds. The zero-order valence-electron chi connectivity index (χ0n) is 27.9. The highest BCUT2D eigenvalue weighted by atomic mass is 16.8. The van der Waals surface area contributed by atoms with Crippen LogP contribution in [-0.4, -0.2) is 96.5 Å². The van der Waals surface area contributed by atoms with Gasteiger partial charge in [-0.05, 0) is 46.5 Å². The summed E-state index contributed by atoms with van der Waals surface area (Å²) in [5.74, 6) is -2.33. The quantitative estimate of drug-likeness (QED) is 0.141. The van der Waals surface area contributed by atoms with E-state index in [1.807, 2.05) is 54.6 Å². The first kappa shape index (κ1) is 35.0. The number of ether oxygens (including phenoxy) is 4. The summed E-state index contributed by atoms with van der Waals surface area (Å²) in [6.45, 7) is -0.0813. The van der Waals surface area contributed by atoms with Crippen molar-refractivity contribution >= 4 is 23.9 Å². The lowest BCUT2D eigenvalue weighted by Gasteiger charge is -2.33. The number of aliphatic hydroxyl groups excluding tert-OH is 2. The van der Waals surface area contributed by atoms with Crippen LogP contribution in [0, 0.1) is 0 Å². The van der Waals surface area contributed by atoms with Crippen molar-refractivity contribution in [2.45, 2.75) is 55.8 Å². The average Bonchev–Trinajstić information content (AvgIpc) is 3.69. The van der Waals surface area contributed by atoms with Crippen LogP contribution in [0.15, 0.2) is 96.8 Å². The number of esters is 1. The van der Waals surface area contributed by atoms with Gasteiger partial charge in [0.15, 0.2) is 5.79 Å². The number of carbonyl (C=O) groups excluding carboxylic acids is 3. The molecule has 4 atom stereocenters. The molecule has 1 spiro atoms. The predicted molar refractivity (Wildman–Crippen MR) is 184 cm³/mol. The monoisotopic (exact) mass is 682 g/mol. The van der Waals surface area contributed by atoms with Gasteiger partial charge in [-0.1, -0.05) is 66.7 Å². The van der Waals surface area contributed by atoms with Gasteiger partial charge in [0.05, 0.1) is 25.0 Å². The highest BCUT2D eigenvalue weighted by Crippen LogP contribution is 2.45. The Bertz CT molecular complexity index is 1700. The van der Waals surface area contributed by atoms with E-state index in [0.717, 1.165) is 22.3 Å². The molecular weight excluding hydrogens is 640 g/mol. The van der Waals surface area contributed by atoms with E-state index in [-0.39, 0.29) is 39.2 Å². The van der Waals surface area contributed by atoms with Crippen LogP contribution in [0.25, 0.3) is 6.08 Å². The standard InChI is InChI=1S/C39H42N2O9/c1-41(32(36(44)40-16-17-42)21-27-7-3-2-4-8-27)37(45)31-22-33(48-38(46)28-13-11-26(12-14-28)15-19-47-20-18-43)35-34(23-31)49-39(50-35)24-29-9-5-6-10-30(29)25-39/h2-15,19,23,32-35,42-43H,16-18,20-22,24-25H2,1H3,(H,40,44)/t32-,33-,34-,35+/m1/s1. The van der Waals surface area contributed by atoms with E-state index >= 15 is 0 Å². The number of nitrogens with zero attached hydrogens (tertiary/aromatic N) is 1. The average molecular weight is 683 g/mol. The minimum atomic E-state index is -0.962. The smallest absolute Gasteiger partial charge is 0.338 e. The fraction of sp³-hybridized carbons (Fsp3) is 0.359. The summed E-state index contributed by atoms with van der Waals surface area (Å²) in [4.78, 5) is 42.5. The molecule has 3 aromatic carbocycles. The third-order valence-electron chi connectivity index (χ3n) is 9.24. The molecule has 0 unspecified atom stereocenters. The highest BCUT2D eigenvalue weighted by Gasteiger charge is 2.55. The Morgan fingerprint density at radius 1 is 0.960 bits per heavy atom. The third-order valence-corrected chi connectivity index (χ3v) is 9.24. The maximum Gasteiger partial charge on any atom is 0.338 e. The van der Waals surface area contributed by atoms with E-state index in [1.54, 1.807) is 43.5 Å². The first-order valence-corrected chi connectivity index (χ1v) is 16.8. The van der Waals surface area contributed by atoms with Crippen molar-refractivity contribution in [3.63, 3.8) is 0 Å². The van der Waals surface area contributed by atoms with Crippen LogP contribution in [0.4, 0.5) is 0 Å². The Balaban J connectivity index is 1.24. The molecule has 1 fully saturated rings. The Hall–Kier alpha value is -4.81. The van der Waals surface area contributed by atoms with Gasteiger partial charge in [0, 0.05) is 44.8 Å². The van der Waals surface area contributed by atoms with Gasteiger partial charge in [-0.2, -0.15) is 0 Å². The molecule has 1 heterocycles. The van der Waals surface area contributed by atoms with Crippen LogP contribution < -0.4 is 5.32 Å². The fourth-order valence-electron chi connectivity index (χ4n) is 6.74. The summed E-state index contributed by atoms with van der Waals surface area (Å²) in [5, 5.41) is 20.9. The van der Waals surface area contributed by atoms with Crippen LogP contribution in [0.1, 0.15) is 39.0 Å². The van der Waals surface area contributed by atoms with Gasteiger partial charge in [0.2, 0.25) is 11.8 Å². The summed E-state index contributed by atoms with van der Waals surface area (Å²) in [5.41, 5.74) is 4.56. The lowest BCUT2D eigenvalue weighted by molar-refractivity contribution is -0.172. The second-order valence-corrected chi connectivity index (χ2v) is 12.7. The zero-order valence-corrected chi connectivity index (χ0v) is 27.9. The third kappa shape index (κ3) is 7.97. The number of hydrogen-bond donors (Lipinski definition) is 3. The second kappa shape index (κ2) is 15.8. The summed E-state index contributed by atoms with van der Waals surface area (Å²) in [7, 11) is 1.58. The highest BCUT2D eigenvalue weighted by molar-refractivity contribution is 5.97. The minimum absolute atomic E-state index is 0.0566. The molecule has 3 aliphatic rings. The van der Waals surface area contributed by atoms with Crippen molar-refractivity contribution in [2.75, 3.05) is 33.4 Å². The van der Waals surface area contributed by atoms with Gasteiger partial charge >= 0.3 is 5.97 Å². The molecule has 1 aliphatic heterocycles. The number of nitrogens with one attached hydrogen (secondary N) is 1. The van der Waals surface area contributed by atoms with E-state index in [1.165, 1.54) is 11.2 Å². The Morgan fingerprint density at radius 2 is 1.66 bits per heavy atom. The topological polar surface area (TPSA) is 144 Å². The van der Waals surface area contributed by atoms with Gasteiger partial charge in [0.25, 0.3) is 0 Å². The molecule has 3 aromatic rings. The number of rotatable bonds is 13. The minimum Gasteiger partial charge on any atom is -0.499 e. The summed E-state index contributed by atoms with van der Waals surface area (Å²) in [6, 6.07) is 23.4. The molecule has 11 nitrogen and oxygen atoms in total. The summed E-state index contributed by atoms with van der Waals surface area (Å²) >= 11 is 0. The number of benzene rings is 3. The summed E-state index contributed by atoms with van der Waals surface area (Å²) < 4.78 is 24.5. The zero-order chi connectivity index (χ0) is 35.1. The van der Waals surface area contributed by atoms with Crippen molar-refractivity contribution in [2.24, 2.45) is 0 Å². The largest absolute Gasteiger partial charge is 0.499 e. The van der Waals surface area contributed by atoms with Gasteiger partial charge in [-0.3, -0.25) is 9.59 Å². The molecule has 6 rings (SSSR count). The van der Waals surface area contributed by atoms with Gasteiger partial charge in [-0.25, -0.2) is 4.79 Å². The van der Waals surface area contributed by atoms with E-state index in [2.05, 4.69) is 5.32 Å². The van der Waals surface area contributed by atoms with Crippen LogP contribution in [0.2, 0.25) is 0 Å². The van der Waals surface area contributed by atoms with Crippen molar-refractivity contribution < 1.29 is 43.5 Å². The fourth-order valence-corrected chi connectivity index (χ4v) is 6.74. The number of likely N-dealkylation sites (N-methyl/N-ethyl adjacent to an activating group) is 1. The lowest BCUT2D eigenvalue weighted by atomic mass is 9.90. The normalized spacial score (nSPS) is 20.9. The molecule has 3 N–H and O–H groups in total. The molecular formula is C39H42N2O9. The van der Waals surface area contributed by atoms with Gasteiger partial charge in [-0.15, -0.1) is 0 Å². The number of aliphatic hydroxyl groups is 2. The number of hydrogen-bond acceptors (Lipinski definition) is 9. The molecule has 0 radical (unpaired) electrons. The van der Waals surface area contributed by atoms with Crippen LogP contribution >= 0.6 is 0 Å². The van der Waals surface area contributed by atoms with Gasteiger partial charge in [0.1, 0.15) is 31.0 Å². The molecule has 1 saturated heterocycles. The SMILES string of the molecule is CN(C(=O)C1=C[C@H]2OC3(Cc4ccccc4C3)O[C@H]2[C@H](OC(=O)c2ccc(C=COCCO)cc2)C1)[C@H](Cc1ccccc1)C(=O)NCCO. The van der Waals surface area contributed by atoms with Crippen molar-refractivity contribution in [3.05, 3.63) is 125 Å². The van der Waals surface area contributed by atoms with E-state index in [4.69, 9.17) is 24.1 Å². The number of fused-ring (bicyclic) bond motifs is 2. The first-order chi connectivity index (χ1) is 24.3. The predicted octanol–water partition coefficient (Wildman–Crippen LogP) is 2.98. The molecule has 50 heavy (non-hydrogen) atoms. The van der Waals surface area contributed by atoms with Crippen LogP contribution in [-0.2, 0) is 47.8 Å². The van der Waals surface area contributed by atoms with Crippen LogP contribution in [0.3, 0.4) is 0 Å².